The first-order chi connectivity index (χ1) is 9.16. The van der Waals surface area contributed by atoms with Gasteiger partial charge in [-0.05, 0) is 44.7 Å². The zero-order chi connectivity index (χ0) is 13.7. The number of hydrogen-bond donors (Lipinski definition) is 3. The maximum Gasteiger partial charge on any atom is 0.308 e. The van der Waals surface area contributed by atoms with Crippen LogP contribution in [0.25, 0.3) is 0 Å². The summed E-state index contributed by atoms with van der Waals surface area (Å²) in [5, 5.41) is 15.4. The third-order valence-electron chi connectivity index (χ3n) is 4.30. The van der Waals surface area contributed by atoms with Crippen molar-refractivity contribution in [1.29, 1.82) is 0 Å². The second-order valence-corrected chi connectivity index (χ2v) is 5.82. The highest BCUT2D eigenvalue weighted by Crippen LogP contribution is 2.25. The lowest BCUT2D eigenvalue weighted by molar-refractivity contribution is -0.144. The lowest BCUT2D eigenvalue weighted by atomic mass is 9.84. The first kappa shape index (κ1) is 14.3. The normalized spacial score (nSPS) is 31.7. The van der Waals surface area contributed by atoms with Crippen LogP contribution in [0.3, 0.4) is 0 Å². The molecule has 5 nitrogen and oxygen atoms in total. The largest absolute Gasteiger partial charge is 0.481 e. The number of rotatable bonds is 4. The van der Waals surface area contributed by atoms with Crippen molar-refractivity contribution in [2.24, 2.45) is 11.8 Å². The zero-order valence-electron chi connectivity index (χ0n) is 11.4. The fourth-order valence-electron chi connectivity index (χ4n) is 3.23. The molecule has 3 N–H and O–H groups in total. The molecular formula is C14H24N2O3. The third kappa shape index (κ3) is 4.20. The van der Waals surface area contributed by atoms with E-state index in [1.807, 2.05) is 0 Å². The Kier molecular flexibility index (Phi) is 5.19. The summed E-state index contributed by atoms with van der Waals surface area (Å²) in [4.78, 5) is 23.2. The molecule has 0 aromatic heterocycles. The summed E-state index contributed by atoms with van der Waals surface area (Å²) in [6.07, 6.45) is 6.19. The average molecular weight is 268 g/mol. The van der Waals surface area contributed by atoms with E-state index in [-0.39, 0.29) is 11.9 Å². The summed E-state index contributed by atoms with van der Waals surface area (Å²) in [6, 6.07) is -0.171. The van der Waals surface area contributed by atoms with Gasteiger partial charge in [-0.1, -0.05) is 12.8 Å². The minimum absolute atomic E-state index is 0.0202. The van der Waals surface area contributed by atoms with Gasteiger partial charge in [-0.25, -0.2) is 0 Å². The second kappa shape index (κ2) is 6.89. The van der Waals surface area contributed by atoms with E-state index >= 15 is 0 Å². The molecule has 1 aliphatic carbocycles. The molecule has 19 heavy (non-hydrogen) atoms. The molecule has 1 saturated carbocycles. The number of nitrogens with one attached hydrogen (secondary N) is 2. The predicted octanol–water partition coefficient (Wildman–Crippen LogP) is 1.14. The molecule has 1 saturated heterocycles. The molecule has 0 aromatic carbocycles. The molecule has 0 aromatic rings. The minimum atomic E-state index is -0.774. The first-order valence-corrected chi connectivity index (χ1v) is 7.39. The van der Waals surface area contributed by atoms with Gasteiger partial charge in [0.05, 0.1) is 5.92 Å². The highest BCUT2D eigenvalue weighted by Gasteiger charge is 2.32. The molecule has 0 bridgehead atoms. The van der Waals surface area contributed by atoms with Crippen LogP contribution in [-0.4, -0.2) is 36.1 Å². The van der Waals surface area contributed by atoms with Crippen molar-refractivity contribution in [1.82, 2.24) is 10.6 Å². The zero-order valence-corrected chi connectivity index (χ0v) is 11.4. The monoisotopic (exact) mass is 268 g/mol. The fourth-order valence-corrected chi connectivity index (χ4v) is 3.23. The Morgan fingerprint density at radius 1 is 1.16 bits per heavy atom. The van der Waals surface area contributed by atoms with Gasteiger partial charge in [0, 0.05) is 12.5 Å². The number of carbonyl (C=O) groups excluding carboxylic acids is 1. The Morgan fingerprint density at radius 2 is 1.95 bits per heavy atom. The number of aliphatic carboxylic acids is 1. The van der Waals surface area contributed by atoms with Crippen LogP contribution in [0, 0.1) is 11.8 Å². The highest BCUT2D eigenvalue weighted by atomic mass is 16.4. The van der Waals surface area contributed by atoms with Crippen LogP contribution in [0.5, 0.6) is 0 Å². The molecule has 3 unspecified atom stereocenters. The topological polar surface area (TPSA) is 78.4 Å². The van der Waals surface area contributed by atoms with Crippen molar-refractivity contribution >= 4 is 11.9 Å². The van der Waals surface area contributed by atoms with Gasteiger partial charge in [-0.3, -0.25) is 9.59 Å². The highest BCUT2D eigenvalue weighted by molar-refractivity contribution is 5.78. The van der Waals surface area contributed by atoms with E-state index in [0.717, 1.165) is 45.2 Å². The quantitative estimate of drug-likeness (QED) is 0.714. The molecule has 3 atom stereocenters. The standard InChI is InChI=1S/C14H24N2O3/c17-13(8-10-4-3-7-15-9-10)16-12-6-2-1-5-11(12)14(18)19/h10-12,15H,1-9H2,(H,16,17)(H,18,19). The Bertz CT molecular complexity index is 327. The maximum atomic E-state index is 12.0. The van der Waals surface area contributed by atoms with Crippen LogP contribution in [0.1, 0.15) is 44.9 Å². The van der Waals surface area contributed by atoms with E-state index in [0.29, 0.717) is 18.8 Å². The van der Waals surface area contributed by atoms with Gasteiger partial charge in [0.2, 0.25) is 5.91 Å². The van der Waals surface area contributed by atoms with Crippen molar-refractivity contribution in [3.63, 3.8) is 0 Å². The molecule has 2 fully saturated rings. The van der Waals surface area contributed by atoms with Gasteiger partial charge in [0.1, 0.15) is 0 Å². The summed E-state index contributed by atoms with van der Waals surface area (Å²) in [5.74, 6) is -0.751. The fraction of sp³-hybridized carbons (Fsp3) is 0.857. The Morgan fingerprint density at radius 3 is 2.63 bits per heavy atom. The van der Waals surface area contributed by atoms with Gasteiger partial charge < -0.3 is 15.7 Å². The summed E-state index contributed by atoms with van der Waals surface area (Å²) in [5.41, 5.74) is 0. The predicted molar refractivity (Wildman–Crippen MR) is 71.7 cm³/mol. The van der Waals surface area contributed by atoms with Crippen LogP contribution in [0.2, 0.25) is 0 Å². The van der Waals surface area contributed by atoms with E-state index in [1.165, 1.54) is 0 Å². The molecule has 0 spiro atoms. The Labute approximate surface area is 114 Å². The SMILES string of the molecule is O=C(CC1CCCNC1)NC1CCCCC1C(=O)O. The molecule has 1 amide bonds. The number of hydrogen-bond acceptors (Lipinski definition) is 3. The lowest BCUT2D eigenvalue weighted by Gasteiger charge is -2.30. The third-order valence-corrected chi connectivity index (χ3v) is 4.30. The molecule has 2 aliphatic rings. The van der Waals surface area contributed by atoms with E-state index in [9.17, 15) is 14.7 Å². The van der Waals surface area contributed by atoms with Crippen LogP contribution in [-0.2, 0) is 9.59 Å². The summed E-state index contributed by atoms with van der Waals surface area (Å²) < 4.78 is 0. The van der Waals surface area contributed by atoms with Crippen molar-refractivity contribution in [3.05, 3.63) is 0 Å². The Balaban J connectivity index is 1.80. The van der Waals surface area contributed by atoms with Gasteiger partial charge >= 0.3 is 5.97 Å². The second-order valence-electron chi connectivity index (χ2n) is 5.82. The van der Waals surface area contributed by atoms with Crippen LogP contribution >= 0.6 is 0 Å². The smallest absolute Gasteiger partial charge is 0.308 e. The van der Waals surface area contributed by atoms with E-state index in [1.54, 1.807) is 0 Å². The summed E-state index contributed by atoms with van der Waals surface area (Å²) in [7, 11) is 0. The lowest BCUT2D eigenvalue weighted by Crippen LogP contribution is -2.46. The molecule has 5 heteroatoms. The molecule has 1 heterocycles. The first-order valence-electron chi connectivity index (χ1n) is 7.39. The number of carbonyl (C=O) groups is 2. The minimum Gasteiger partial charge on any atom is -0.481 e. The summed E-state index contributed by atoms with van der Waals surface area (Å²) in [6.45, 7) is 1.95. The van der Waals surface area contributed by atoms with Crippen LogP contribution in [0.15, 0.2) is 0 Å². The number of carboxylic acids is 1. The Hall–Kier alpha value is -1.10. The average Bonchev–Trinajstić information content (AvgIpc) is 2.40. The van der Waals surface area contributed by atoms with Crippen molar-refractivity contribution in [3.8, 4) is 0 Å². The van der Waals surface area contributed by atoms with Gasteiger partial charge in [-0.2, -0.15) is 0 Å². The molecule has 108 valence electrons. The van der Waals surface area contributed by atoms with Gasteiger partial charge in [0.25, 0.3) is 0 Å². The van der Waals surface area contributed by atoms with E-state index in [2.05, 4.69) is 10.6 Å². The molecule has 2 rings (SSSR count). The van der Waals surface area contributed by atoms with Gasteiger partial charge in [0.15, 0.2) is 0 Å². The molecule has 1 aliphatic heterocycles. The van der Waals surface area contributed by atoms with E-state index < -0.39 is 11.9 Å². The number of carboxylic acid groups (broad SMARTS) is 1. The van der Waals surface area contributed by atoms with Crippen LogP contribution in [0.4, 0.5) is 0 Å². The van der Waals surface area contributed by atoms with Crippen molar-refractivity contribution in [2.45, 2.75) is 51.0 Å². The van der Waals surface area contributed by atoms with E-state index in [4.69, 9.17) is 0 Å². The van der Waals surface area contributed by atoms with Crippen LogP contribution < -0.4 is 10.6 Å². The maximum absolute atomic E-state index is 12.0. The summed E-state index contributed by atoms with van der Waals surface area (Å²) >= 11 is 0. The van der Waals surface area contributed by atoms with Crippen molar-refractivity contribution < 1.29 is 14.7 Å². The number of piperidine rings is 1. The number of amides is 1. The van der Waals surface area contributed by atoms with Crippen molar-refractivity contribution in [2.75, 3.05) is 13.1 Å². The molecule has 0 radical (unpaired) electrons. The molecular weight excluding hydrogens is 244 g/mol. The van der Waals surface area contributed by atoms with Gasteiger partial charge in [-0.15, -0.1) is 0 Å².